The van der Waals surface area contributed by atoms with E-state index in [1.807, 2.05) is 0 Å². The highest BCUT2D eigenvalue weighted by molar-refractivity contribution is 5.86. The number of ether oxygens (including phenoxy) is 1. The normalized spacial score (nSPS) is 28.2. The summed E-state index contributed by atoms with van der Waals surface area (Å²) in [6, 6.07) is 0. The molecule has 1 unspecified atom stereocenters. The molecule has 92 valence electrons. The number of carbonyl (C=O) groups is 1. The summed E-state index contributed by atoms with van der Waals surface area (Å²) in [7, 11) is 0. The predicted molar refractivity (Wildman–Crippen MR) is 62.0 cm³/mol. The number of rotatable bonds is 4. The minimum absolute atomic E-state index is 0.0227. The molecule has 0 spiro atoms. The van der Waals surface area contributed by atoms with Gasteiger partial charge in [-0.3, -0.25) is 4.79 Å². The Bertz CT molecular complexity index is 245. The van der Waals surface area contributed by atoms with Crippen molar-refractivity contribution in [2.45, 2.75) is 56.6 Å². The van der Waals surface area contributed by atoms with Gasteiger partial charge in [-0.1, -0.05) is 0 Å². The van der Waals surface area contributed by atoms with Crippen molar-refractivity contribution in [3.05, 3.63) is 0 Å². The molecule has 2 aliphatic rings. The summed E-state index contributed by atoms with van der Waals surface area (Å²) < 4.78 is 5.60. The molecule has 16 heavy (non-hydrogen) atoms. The van der Waals surface area contributed by atoms with Gasteiger partial charge in [-0.2, -0.15) is 0 Å². The molecule has 1 aliphatic carbocycles. The van der Waals surface area contributed by atoms with Crippen molar-refractivity contribution in [2.75, 3.05) is 13.2 Å². The van der Waals surface area contributed by atoms with Crippen LogP contribution in [0.2, 0.25) is 0 Å². The topological polar surface area (TPSA) is 64.4 Å². The third-order valence-electron chi connectivity index (χ3n) is 3.72. The molecule has 0 aromatic heterocycles. The summed E-state index contributed by atoms with van der Waals surface area (Å²) in [5.74, 6) is 0.0227. The van der Waals surface area contributed by atoms with Crippen LogP contribution in [-0.2, 0) is 9.53 Å². The third-order valence-corrected chi connectivity index (χ3v) is 3.72. The van der Waals surface area contributed by atoms with Gasteiger partial charge in [0.1, 0.15) is 0 Å². The first-order chi connectivity index (χ1) is 7.71. The zero-order valence-electron chi connectivity index (χ0n) is 9.84. The SMILES string of the molecule is NC1(C(=O)NCCC2CCCCO2)CCC1. The van der Waals surface area contributed by atoms with E-state index in [-0.39, 0.29) is 5.91 Å². The standard InChI is InChI=1S/C12H22N2O2/c13-12(6-3-7-12)11(15)14-8-5-10-4-1-2-9-16-10/h10H,1-9,13H2,(H,14,15). The lowest BCUT2D eigenvalue weighted by molar-refractivity contribution is -0.129. The Hall–Kier alpha value is -0.610. The second-order valence-electron chi connectivity index (χ2n) is 5.04. The van der Waals surface area contributed by atoms with Gasteiger partial charge in [-0.05, 0) is 44.9 Å². The molecule has 1 amide bonds. The molecule has 0 radical (unpaired) electrons. The van der Waals surface area contributed by atoms with Crippen molar-refractivity contribution < 1.29 is 9.53 Å². The summed E-state index contributed by atoms with van der Waals surface area (Å²) in [5, 5.41) is 2.93. The Balaban J connectivity index is 1.61. The molecule has 0 aromatic carbocycles. The lowest BCUT2D eigenvalue weighted by atomic mass is 9.77. The summed E-state index contributed by atoms with van der Waals surface area (Å²) in [4.78, 5) is 11.7. The van der Waals surface area contributed by atoms with E-state index < -0.39 is 5.54 Å². The number of hydrogen-bond acceptors (Lipinski definition) is 3. The van der Waals surface area contributed by atoms with Crippen LogP contribution in [0.15, 0.2) is 0 Å². The number of hydrogen-bond donors (Lipinski definition) is 2. The van der Waals surface area contributed by atoms with Gasteiger partial charge >= 0.3 is 0 Å². The second-order valence-corrected chi connectivity index (χ2v) is 5.04. The molecule has 1 saturated heterocycles. The highest BCUT2D eigenvalue weighted by Crippen LogP contribution is 2.29. The van der Waals surface area contributed by atoms with Gasteiger partial charge in [0, 0.05) is 13.2 Å². The molecule has 1 aliphatic heterocycles. The van der Waals surface area contributed by atoms with Crippen LogP contribution in [0, 0.1) is 0 Å². The van der Waals surface area contributed by atoms with E-state index in [0.29, 0.717) is 12.6 Å². The molecule has 2 fully saturated rings. The minimum Gasteiger partial charge on any atom is -0.378 e. The van der Waals surface area contributed by atoms with Gasteiger partial charge in [0.15, 0.2) is 0 Å². The largest absolute Gasteiger partial charge is 0.378 e. The van der Waals surface area contributed by atoms with Crippen molar-refractivity contribution in [3.63, 3.8) is 0 Å². The summed E-state index contributed by atoms with van der Waals surface area (Å²) in [5.41, 5.74) is 5.36. The van der Waals surface area contributed by atoms with Gasteiger partial charge in [0.05, 0.1) is 11.6 Å². The van der Waals surface area contributed by atoms with Gasteiger partial charge in [0.2, 0.25) is 5.91 Å². The fourth-order valence-electron chi connectivity index (χ4n) is 2.34. The van der Waals surface area contributed by atoms with Crippen LogP contribution in [0.25, 0.3) is 0 Å². The average Bonchev–Trinajstić information content (AvgIpc) is 2.27. The van der Waals surface area contributed by atoms with Crippen LogP contribution in [-0.4, -0.2) is 30.7 Å². The Morgan fingerprint density at radius 1 is 1.38 bits per heavy atom. The Morgan fingerprint density at radius 3 is 2.75 bits per heavy atom. The number of carbonyl (C=O) groups excluding carboxylic acids is 1. The lowest BCUT2D eigenvalue weighted by Crippen LogP contribution is -2.58. The molecular formula is C12H22N2O2. The van der Waals surface area contributed by atoms with E-state index in [9.17, 15) is 4.79 Å². The Kier molecular flexibility index (Phi) is 3.82. The number of nitrogens with two attached hydrogens (primary N) is 1. The molecule has 1 saturated carbocycles. The maximum atomic E-state index is 11.7. The Labute approximate surface area is 96.9 Å². The highest BCUT2D eigenvalue weighted by atomic mass is 16.5. The monoisotopic (exact) mass is 226 g/mol. The van der Waals surface area contributed by atoms with Crippen LogP contribution in [0.1, 0.15) is 44.9 Å². The fourth-order valence-corrected chi connectivity index (χ4v) is 2.34. The van der Waals surface area contributed by atoms with Gasteiger partial charge < -0.3 is 15.8 Å². The van der Waals surface area contributed by atoms with Crippen LogP contribution in [0.3, 0.4) is 0 Å². The van der Waals surface area contributed by atoms with E-state index in [1.165, 1.54) is 12.8 Å². The number of nitrogens with one attached hydrogen (secondary N) is 1. The maximum Gasteiger partial charge on any atom is 0.240 e. The van der Waals surface area contributed by atoms with Crippen molar-refractivity contribution in [3.8, 4) is 0 Å². The molecule has 2 rings (SSSR count). The molecule has 0 aromatic rings. The first-order valence-corrected chi connectivity index (χ1v) is 6.39. The highest BCUT2D eigenvalue weighted by Gasteiger charge is 2.39. The van der Waals surface area contributed by atoms with E-state index in [0.717, 1.165) is 38.7 Å². The predicted octanol–water partition coefficient (Wildman–Crippen LogP) is 0.943. The van der Waals surface area contributed by atoms with Crippen LogP contribution in [0.4, 0.5) is 0 Å². The van der Waals surface area contributed by atoms with Crippen molar-refractivity contribution in [1.82, 2.24) is 5.32 Å². The molecule has 3 N–H and O–H groups in total. The zero-order valence-corrected chi connectivity index (χ0v) is 9.84. The lowest BCUT2D eigenvalue weighted by Gasteiger charge is -2.36. The molecule has 4 heteroatoms. The van der Waals surface area contributed by atoms with E-state index in [4.69, 9.17) is 10.5 Å². The van der Waals surface area contributed by atoms with Crippen molar-refractivity contribution >= 4 is 5.91 Å². The van der Waals surface area contributed by atoms with Crippen LogP contribution >= 0.6 is 0 Å². The molecule has 1 heterocycles. The summed E-state index contributed by atoms with van der Waals surface area (Å²) in [6.07, 6.45) is 7.55. The quantitative estimate of drug-likeness (QED) is 0.750. The Morgan fingerprint density at radius 2 is 2.19 bits per heavy atom. The molecule has 0 bridgehead atoms. The fraction of sp³-hybridized carbons (Fsp3) is 0.917. The van der Waals surface area contributed by atoms with Crippen LogP contribution < -0.4 is 11.1 Å². The third kappa shape index (κ3) is 2.74. The molecule has 1 atom stereocenters. The van der Waals surface area contributed by atoms with Gasteiger partial charge in [0.25, 0.3) is 0 Å². The van der Waals surface area contributed by atoms with E-state index in [2.05, 4.69) is 5.32 Å². The van der Waals surface area contributed by atoms with E-state index >= 15 is 0 Å². The van der Waals surface area contributed by atoms with Gasteiger partial charge in [-0.25, -0.2) is 0 Å². The second kappa shape index (κ2) is 5.15. The smallest absolute Gasteiger partial charge is 0.240 e. The number of amides is 1. The first-order valence-electron chi connectivity index (χ1n) is 6.39. The molecular weight excluding hydrogens is 204 g/mol. The maximum absolute atomic E-state index is 11.7. The molecule has 4 nitrogen and oxygen atoms in total. The van der Waals surface area contributed by atoms with Crippen molar-refractivity contribution in [2.24, 2.45) is 5.73 Å². The minimum atomic E-state index is -0.562. The van der Waals surface area contributed by atoms with Crippen LogP contribution in [0.5, 0.6) is 0 Å². The first kappa shape index (κ1) is 11.9. The van der Waals surface area contributed by atoms with Crippen molar-refractivity contribution in [1.29, 1.82) is 0 Å². The zero-order chi connectivity index (χ0) is 11.4. The van der Waals surface area contributed by atoms with E-state index in [1.54, 1.807) is 0 Å². The summed E-state index contributed by atoms with van der Waals surface area (Å²) in [6.45, 7) is 1.57. The average molecular weight is 226 g/mol. The van der Waals surface area contributed by atoms with Gasteiger partial charge in [-0.15, -0.1) is 0 Å². The summed E-state index contributed by atoms with van der Waals surface area (Å²) >= 11 is 0.